The van der Waals surface area contributed by atoms with Crippen molar-refractivity contribution >= 4 is 21.8 Å². The van der Waals surface area contributed by atoms with Gasteiger partial charge in [0.1, 0.15) is 0 Å². The van der Waals surface area contributed by atoms with E-state index in [0.29, 0.717) is 6.04 Å². The second kappa shape index (κ2) is 7.23. The Hall–Kier alpha value is -0.870. The SMILES string of the molecule is CNCCC1CCCCN1C(=O)c1ccc(C)cc1Br. The molecule has 1 aliphatic rings. The molecule has 1 aromatic rings. The molecule has 1 fully saturated rings. The van der Waals surface area contributed by atoms with Crippen LogP contribution >= 0.6 is 15.9 Å². The first-order chi connectivity index (χ1) is 9.63. The van der Waals surface area contributed by atoms with Crippen LogP contribution in [0.1, 0.15) is 41.6 Å². The highest BCUT2D eigenvalue weighted by Crippen LogP contribution is 2.25. The van der Waals surface area contributed by atoms with Crippen LogP contribution in [0.2, 0.25) is 0 Å². The van der Waals surface area contributed by atoms with Gasteiger partial charge in [0.15, 0.2) is 0 Å². The van der Waals surface area contributed by atoms with Crippen LogP contribution in [0.5, 0.6) is 0 Å². The zero-order valence-corrected chi connectivity index (χ0v) is 13.9. The first-order valence-corrected chi connectivity index (χ1v) is 8.14. The molecule has 4 heteroatoms. The molecule has 1 amide bonds. The molecule has 1 aromatic carbocycles. The van der Waals surface area contributed by atoms with E-state index in [9.17, 15) is 4.79 Å². The highest BCUT2D eigenvalue weighted by atomic mass is 79.9. The summed E-state index contributed by atoms with van der Waals surface area (Å²) in [5.74, 6) is 0.165. The number of piperidine rings is 1. The van der Waals surface area contributed by atoms with E-state index in [1.165, 1.54) is 12.0 Å². The average molecular weight is 339 g/mol. The number of nitrogens with one attached hydrogen (secondary N) is 1. The lowest BCUT2D eigenvalue weighted by molar-refractivity contribution is 0.0601. The molecule has 0 aliphatic carbocycles. The Kier molecular flexibility index (Phi) is 5.61. The number of hydrogen-bond donors (Lipinski definition) is 1. The molecule has 110 valence electrons. The predicted molar refractivity (Wildman–Crippen MR) is 86.1 cm³/mol. The normalized spacial score (nSPS) is 19.1. The molecule has 0 spiro atoms. The molecule has 0 bridgehead atoms. The summed E-state index contributed by atoms with van der Waals surface area (Å²) in [7, 11) is 1.96. The van der Waals surface area contributed by atoms with E-state index < -0.39 is 0 Å². The van der Waals surface area contributed by atoms with Gasteiger partial charge in [-0.2, -0.15) is 0 Å². The van der Waals surface area contributed by atoms with Crippen molar-refractivity contribution in [3.8, 4) is 0 Å². The Morgan fingerprint density at radius 3 is 2.95 bits per heavy atom. The van der Waals surface area contributed by atoms with Crippen molar-refractivity contribution in [2.75, 3.05) is 20.1 Å². The summed E-state index contributed by atoms with van der Waals surface area (Å²) in [6.07, 6.45) is 4.50. The van der Waals surface area contributed by atoms with Crippen molar-refractivity contribution in [2.24, 2.45) is 0 Å². The molecule has 1 unspecified atom stereocenters. The van der Waals surface area contributed by atoms with Crippen LogP contribution in [-0.2, 0) is 0 Å². The van der Waals surface area contributed by atoms with Gasteiger partial charge in [-0.15, -0.1) is 0 Å². The number of rotatable bonds is 4. The number of amides is 1. The third-order valence-electron chi connectivity index (χ3n) is 3.97. The lowest BCUT2D eigenvalue weighted by Gasteiger charge is -2.36. The average Bonchev–Trinajstić information content (AvgIpc) is 2.45. The summed E-state index contributed by atoms with van der Waals surface area (Å²) in [5.41, 5.74) is 1.95. The van der Waals surface area contributed by atoms with Gasteiger partial charge in [-0.05, 0) is 79.8 Å². The van der Waals surface area contributed by atoms with E-state index in [2.05, 4.69) is 26.1 Å². The van der Waals surface area contributed by atoms with Crippen molar-refractivity contribution in [3.63, 3.8) is 0 Å². The molecular weight excluding hydrogens is 316 g/mol. The number of likely N-dealkylation sites (tertiary alicyclic amines) is 1. The molecule has 0 radical (unpaired) electrons. The van der Waals surface area contributed by atoms with Crippen molar-refractivity contribution in [1.82, 2.24) is 10.2 Å². The molecular formula is C16H23BrN2O. The third-order valence-corrected chi connectivity index (χ3v) is 4.63. The number of hydrogen-bond acceptors (Lipinski definition) is 2. The summed E-state index contributed by atoms with van der Waals surface area (Å²) >= 11 is 3.53. The van der Waals surface area contributed by atoms with Gasteiger partial charge in [-0.1, -0.05) is 6.07 Å². The van der Waals surface area contributed by atoms with Crippen LogP contribution in [0.3, 0.4) is 0 Å². The first-order valence-electron chi connectivity index (χ1n) is 7.35. The third kappa shape index (κ3) is 3.61. The Bertz CT molecular complexity index is 476. The number of carbonyl (C=O) groups is 1. The smallest absolute Gasteiger partial charge is 0.255 e. The molecule has 1 heterocycles. The van der Waals surface area contributed by atoms with Crippen LogP contribution in [-0.4, -0.2) is 37.0 Å². The standard InChI is InChI=1S/C16H23BrN2O/c1-12-6-7-14(15(17)11-12)16(20)19-10-4-3-5-13(19)8-9-18-2/h6-7,11,13,18H,3-5,8-10H2,1-2H3. The first kappa shape index (κ1) is 15.5. The topological polar surface area (TPSA) is 32.3 Å². The summed E-state index contributed by atoms with van der Waals surface area (Å²) in [5, 5.41) is 3.19. The van der Waals surface area contributed by atoms with Crippen molar-refractivity contribution in [3.05, 3.63) is 33.8 Å². The number of aryl methyl sites for hydroxylation is 1. The molecule has 1 atom stereocenters. The fraction of sp³-hybridized carbons (Fsp3) is 0.562. The highest BCUT2D eigenvalue weighted by Gasteiger charge is 2.27. The number of benzene rings is 1. The van der Waals surface area contributed by atoms with Gasteiger partial charge in [0.25, 0.3) is 5.91 Å². The lowest BCUT2D eigenvalue weighted by Crippen LogP contribution is -2.44. The fourth-order valence-electron chi connectivity index (χ4n) is 2.83. The Labute approximate surface area is 129 Å². The molecule has 2 rings (SSSR count). The maximum absolute atomic E-state index is 12.8. The molecule has 0 aromatic heterocycles. The van der Waals surface area contributed by atoms with Crippen LogP contribution in [0.25, 0.3) is 0 Å². The summed E-state index contributed by atoms with van der Waals surface area (Å²) in [6.45, 7) is 3.88. The second-order valence-electron chi connectivity index (χ2n) is 5.52. The fourth-order valence-corrected chi connectivity index (χ4v) is 3.49. The zero-order chi connectivity index (χ0) is 14.5. The minimum atomic E-state index is 0.165. The Balaban J connectivity index is 2.16. The van der Waals surface area contributed by atoms with Crippen LogP contribution in [0, 0.1) is 6.92 Å². The summed E-state index contributed by atoms with van der Waals surface area (Å²) < 4.78 is 0.903. The molecule has 3 nitrogen and oxygen atoms in total. The monoisotopic (exact) mass is 338 g/mol. The Morgan fingerprint density at radius 1 is 1.45 bits per heavy atom. The van der Waals surface area contributed by atoms with E-state index >= 15 is 0 Å². The predicted octanol–water partition coefficient (Wildman–Crippen LogP) is 3.36. The largest absolute Gasteiger partial charge is 0.336 e. The van der Waals surface area contributed by atoms with Gasteiger partial charge in [0.05, 0.1) is 5.56 Å². The molecule has 1 saturated heterocycles. The van der Waals surface area contributed by atoms with Gasteiger partial charge >= 0.3 is 0 Å². The minimum Gasteiger partial charge on any atom is -0.336 e. The van der Waals surface area contributed by atoms with E-state index in [1.807, 2.05) is 32.2 Å². The van der Waals surface area contributed by atoms with Gasteiger partial charge in [-0.3, -0.25) is 4.79 Å². The van der Waals surface area contributed by atoms with Crippen molar-refractivity contribution in [2.45, 2.75) is 38.6 Å². The Morgan fingerprint density at radius 2 is 2.25 bits per heavy atom. The number of nitrogens with zero attached hydrogens (tertiary/aromatic N) is 1. The van der Waals surface area contributed by atoms with E-state index in [-0.39, 0.29) is 5.91 Å². The van der Waals surface area contributed by atoms with Gasteiger partial charge in [0, 0.05) is 17.1 Å². The van der Waals surface area contributed by atoms with E-state index in [4.69, 9.17) is 0 Å². The molecule has 0 saturated carbocycles. The van der Waals surface area contributed by atoms with Crippen LogP contribution in [0.15, 0.2) is 22.7 Å². The van der Waals surface area contributed by atoms with Crippen LogP contribution < -0.4 is 5.32 Å². The van der Waals surface area contributed by atoms with Crippen LogP contribution in [0.4, 0.5) is 0 Å². The van der Waals surface area contributed by atoms with Gasteiger partial charge in [0.2, 0.25) is 0 Å². The maximum atomic E-state index is 12.8. The summed E-state index contributed by atoms with van der Waals surface area (Å²) in [6, 6.07) is 6.33. The highest BCUT2D eigenvalue weighted by molar-refractivity contribution is 9.10. The number of halogens is 1. The van der Waals surface area contributed by atoms with Gasteiger partial charge < -0.3 is 10.2 Å². The van der Waals surface area contributed by atoms with Crippen molar-refractivity contribution < 1.29 is 4.79 Å². The van der Waals surface area contributed by atoms with Crippen molar-refractivity contribution in [1.29, 1.82) is 0 Å². The maximum Gasteiger partial charge on any atom is 0.255 e. The summed E-state index contributed by atoms with van der Waals surface area (Å²) in [4.78, 5) is 14.8. The van der Waals surface area contributed by atoms with Gasteiger partial charge in [-0.25, -0.2) is 0 Å². The molecule has 20 heavy (non-hydrogen) atoms. The minimum absolute atomic E-state index is 0.165. The second-order valence-corrected chi connectivity index (χ2v) is 6.38. The molecule has 1 aliphatic heterocycles. The van der Waals surface area contributed by atoms with E-state index in [0.717, 1.165) is 42.4 Å². The molecule has 1 N–H and O–H groups in total. The lowest BCUT2D eigenvalue weighted by atomic mass is 9.98. The van der Waals surface area contributed by atoms with E-state index in [1.54, 1.807) is 0 Å². The zero-order valence-electron chi connectivity index (χ0n) is 12.3. The number of carbonyl (C=O) groups excluding carboxylic acids is 1. The quantitative estimate of drug-likeness (QED) is 0.912.